The fourth-order valence-corrected chi connectivity index (χ4v) is 4.02. The van der Waals surface area contributed by atoms with Gasteiger partial charge in [0, 0.05) is 22.5 Å². The monoisotopic (exact) mass is 349 g/mol. The van der Waals surface area contributed by atoms with Gasteiger partial charge in [0.05, 0.1) is 5.75 Å². The van der Waals surface area contributed by atoms with Crippen LogP contribution < -0.4 is 5.32 Å². The van der Waals surface area contributed by atoms with E-state index in [2.05, 4.69) is 15.3 Å². The highest BCUT2D eigenvalue weighted by Gasteiger charge is 2.17. The van der Waals surface area contributed by atoms with Gasteiger partial charge in [0.2, 0.25) is 5.91 Å². The van der Waals surface area contributed by atoms with Gasteiger partial charge in [-0.25, -0.2) is 9.97 Å². The molecule has 5 heteroatoms. The molecule has 1 heterocycles. The van der Waals surface area contributed by atoms with Crippen LogP contribution in [-0.2, 0) is 17.6 Å². The number of anilines is 1. The lowest BCUT2D eigenvalue weighted by Crippen LogP contribution is -2.14. The molecule has 25 heavy (non-hydrogen) atoms. The number of carbonyl (C=O) groups is 1. The van der Waals surface area contributed by atoms with E-state index >= 15 is 0 Å². The predicted octanol–water partition coefficient (Wildman–Crippen LogP) is 4.16. The van der Waals surface area contributed by atoms with Crippen LogP contribution in [0.3, 0.4) is 0 Å². The first kappa shape index (κ1) is 16.1. The molecule has 3 aromatic rings. The largest absolute Gasteiger partial charge is 0.325 e. The van der Waals surface area contributed by atoms with Gasteiger partial charge in [-0.15, -0.1) is 0 Å². The van der Waals surface area contributed by atoms with Crippen molar-refractivity contribution in [3.8, 4) is 0 Å². The number of aromatic nitrogens is 2. The molecule has 4 rings (SSSR count). The number of aryl methyl sites for hydroxylation is 2. The lowest BCUT2D eigenvalue weighted by Gasteiger charge is -2.09. The summed E-state index contributed by atoms with van der Waals surface area (Å²) in [5.41, 5.74) is 4.35. The van der Waals surface area contributed by atoms with Crippen molar-refractivity contribution < 1.29 is 4.79 Å². The lowest BCUT2D eigenvalue weighted by molar-refractivity contribution is -0.113. The Morgan fingerprint density at radius 3 is 2.88 bits per heavy atom. The van der Waals surface area contributed by atoms with Gasteiger partial charge in [-0.2, -0.15) is 0 Å². The van der Waals surface area contributed by atoms with E-state index in [9.17, 15) is 4.79 Å². The van der Waals surface area contributed by atoms with Crippen molar-refractivity contribution in [3.05, 3.63) is 59.4 Å². The Hall–Kier alpha value is -2.40. The molecule has 0 fully saturated rings. The van der Waals surface area contributed by atoms with Crippen molar-refractivity contribution in [2.45, 2.75) is 31.3 Å². The third-order valence-electron chi connectivity index (χ3n) is 4.52. The summed E-state index contributed by atoms with van der Waals surface area (Å²) in [6.45, 7) is 2.03. The molecule has 0 saturated heterocycles. The molecule has 4 nitrogen and oxygen atoms in total. The predicted molar refractivity (Wildman–Crippen MR) is 102 cm³/mol. The molecule has 0 saturated carbocycles. The average molecular weight is 349 g/mol. The molecule has 0 spiro atoms. The fourth-order valence-electron chi connectivity index (χ4n) is 3.31. The minimum atomic E-state index is -0.0388. The maximum atomic E-state index is 12.4. The summed E-state index contributed by atoms with van der Waals surface area (Å²) in [5, 5.41) is 5.87. The van der Waals surface area contributed by atoms with E-state index in [1.165, 1.54) is 17.3 Å². The average Bonchev–Trinajstić information content (AvgIpc) is 3.10. The Morgan fingerprint density at radius 2 is 1.96 bits per heavy atom. The molecule has 0 radical (unpaired) electrons. The third-order valence-corrected chi connectivity index (χ3v) is 5.36. The number of thioether (sulfide) groups is 1. The van der Waals surface area contributed by atoms with Crippen molar-refractivity contribution in [2.24, 2.45) is 0 Å². The van der Waals surface area contributed by atoms with Crippen LogP contribution in [0.4, 0.5) is 5.69 Å². The van der Waals surface area contributed by atoms with Crippen LogP contribution >= 0.6 is 11.8 Å². The molecule has 1 aromatic heterocycles. The number of amides is 1. The first-order valence-electron chi connectivity index (χ1n) is 8.47. The van der Waals surface area contributed by atoms with E-state index in [4.69, 9.17) is 0 Å². The van der Waals surface area contributed by atoms with E-state index < -0.39 is 0 Å². The number of nitrogens with zero attached hydrogens (tertiary/aromatic N) is 2. The highest BCUT2D eigenvalue weighted by molar-refractivity contribution is 7.99. The Bertz CT molecular complexity index is 950. The zero-order valence-electron chi connectivity index (χ0n) is 14.1. The van der Waals surface area contributed by atoms with Gasteiger partial charge in [0.1, 0.15) is 0 Å². The maximum Gasteiger partial charge on any atom is 0.234 e. The van der Waals surface area contributed by atoms with Gasteiger partial charge in [-0.3, -0.25) is 4.79 Å². The van der Waals surface area contributed by atoms with Crippen LogP contribution in [0.15, 0.2) is 47.6 Å². The number of hydrogen-bond acceptors (Lipinski definition) is 4. The molecule has 2 aromatic carbocycles. The van der Waals surface area contributed by atoms with Crippen molar-refractivity contribution in [1.29, 1.82) is 0 Å². The Morgan fingerprint density at radius 1 is 1.12 bits per heavy atom. The van der Waals surface area contributed by atoms with Gasteiger partial charge in [0.25, 0.3) is 0 Å². The van der Waals surface area contributed by atoms with Crippen molar-refractivity contribution in [2.75, 3.05) is 11.1 Å². The van der Waals surface area contributed by atoms with Gasteiger partial charge < -0.3 is 5.32 Å². The number of carbonyl (C=O) groups excluding carboxylic acids is 1. The quantitative estimate of drug-likeness (QED) is 0.568. The molecule has 0 unspecified atom stereocenters. The zero-order valence-corrected chi connectivity index (χ0v) is 14.9. The first-order chi connectivity index (χ1) is 12.2. The molecule has 1 aliphatic rings. The Labute approximate surface area is 151 Å². The topological polar surface area (TPSA) is 54.9 Å². The normalized spacial score (nSPS) is 13.0. The fraction of sp³-hybridized carbons (Fsp3) is 0.250. The molecular formula is C20H19N3OS. The minimum Gasteiger partial charge on any atom is -0.325 e. The molecule has 0 bridgehead atoms. The van der Waals surface area contributed by atoms with E-state index in [1.807, 2.05) is 49.4 Å². The summed E-state index contributed by atoms with van der Waals surface area (Å²) >= 11 is 1.40. The second-order valence-electron chi connectivity index (χ2n) is 6.23. The van der Waals surface area contributed by atoms with Gasteiger partial charge in [-0.1, -0.05) is 48.2 Å². The second kappa shape index (κ2) is 6.84. The number of rotatable bonds is 4. The van der Waals surface area contributed by atoms with E-state index in [-0.39, 0.29) is 5.91 Å². The maximum absolute atomic E-state index is 12.4. The lowest BCUT2D eigenvalue weighted by atomic mass is 10.1. The van der Waals surface area contributed by atoms with Gasteiger partial charge in [0.15, 0.2) is 5.16 Å². The van der Waals surface area contributed by atoms with Crippen LogP contribution in [-0.4, -0.2) is 21.6 Å². The number of nitrogens with one attached hydrogen (secondary N) is 1. The molecule has 0 aliphatic heterocycles. The van der Waals surface area contributed by atoms with Crippen molar-refractivity contribution in [3.63, 3.8) is 0 Å². The summed E-state index contributed by atoms with van der Waals surface area (Å²) in [7, 11) is 0. The number of fused-ring (bicyclic) bond motifs is 2. The smallest absolute Gasteiger partial charge is 0.234 e. The summed E-state index contributed by atoms with van der Waals surface area (Å²) in [5.74, 6) is 0.268. The SMILES string of the molecule is Cc1nc(SCC(=O)Nc2cccc3ccccc23)nc2c1CCC2. The number of hydrogen-bond donors (Lipinski definition) is 1. The Balaban J connectivity index is 1.45. The minimum absolute atomic E-state index is 0.0388. The van der Waals surface area contributed by atoms with Crippen LogP contribution in [0.1, 0.15) is 23.4 Å². The van der Waals surface area contributed by atoms with Crippen molar-refractivity contribution in [1.82, 2.24) is 9.97 Å². The number of benzene rings is 2. The van der Waals surface area contributed by atoms with Crippen LogP contribution in [0, 0.1) is 6.92 Å². The summed E-state index contributed by atoms with van der Waals surface area (Å²) in [6, 6.07) is 14.0. The zero-order chi connectivity index (χ0) is 17.2. The summed E-state index contributed by atoms with van der Waals surface area (Å²) < 4.78 is 0. The molecule has 0 atom stereocenters. The van der Waals surface area contributed by atoms with Crippen molar-refractivity contribution >= 4 is 34.1 Å². The molecule has 1 N–H and O–H groups in total. The standard InChI is InChI=1S/C20H19N3OS/c1-13-15-9-5-11-17(15)23-20(21-13)25-12-19(24)22-18-10-4-7-14-6-2-3-8-16(14)18/h2-4,6-8,10H,5,9,11-12H2,1H3,(H,22,24). The summed E-state index contributed by atoms with van der Waals surface area (Å²) in [4.78, 5) is 21.5. The molecule has 1 amide bonds. The highest BCUT2D eigenvalue weighted by atomic mass is 32.2. The van der Waals surface area contributed by atoms with Crippen LogP contribution in [0.2, 0.25) is 0 Å². The first-order valence-corrected chi connectivity index (χ1v) is 9.46. The Kier molecular flexibility index (Phi) is 4.40. The third kappa shape index (κ3) is 3.37. The van der Waals surface area contributed by atoms with Crippen LogP contribution in [0.5, 0.6) is 0 Å². The van der Waals surface area contributed by atoms with Gasteiger partial charge >= 0.3 is 0 Å². The van der Waals surface area contributed by atoms with Gasteiger partial charge in [-0.05, 0) is 43.2 Å². The van der Waals surface area contributed by atoms with E-state index in [0.29, 0.717) is 10.9 Å². The second-order valence-corrected chi connectivity index (χ2v) is 7.18. The molecular weight excluding hydrogens is 330 g/mol. The van der Waals surface area contributed by atoms with Crippen LogP contribution in [0.25, 0.3) is 10.8 Å². The van der Waals surface area contributed by atoms with E-state index in [1.54, 1.807) is 0 Å². The molecule has 1 aliphatic carbocycles. The van der Waals surface area contributed by atoms with E-state index in [0.717, 1.165) is 47.1 Å². The molecule has 126 valence electrons. The highest BCUT2D eigenvalue weighted by Crippen LogP contribution is 2.26. The summed E-state index contributed by atoms with van der Waals surface area (Å²) in [6.07, 6.45) is 3.25.